The summed E-state index contributed by atoms with van der Waals surface area (Å²) in [5, 5.41) is 8.81. The molecule has 1 aliphatic rings. The maximum Gasteiger partial charge on any atom is 0.408 e. The summed E-state index contributed by atoms with van der Waals surface area (Å²) >= 11 is 0. The number of rotatable bonds is 15. The number of aryl methyl sites for hydroxylation is 1. The van der Waals surface area contributed by atoms with Gasteiger partial charge in [-0.15, -0.1) is 5.06 Å². The highest BCUT2D eigenvalue weighted by atomic mass is 127. The molecule has 0 saturated heterocycles. The Morgan fingerprint density at radius 2 is 1.27 bits per heavy atom. The van der Waals surface area contributed by atoms with E-state index in [1.165, 1.54) is 12.1 Å². The third kappa shape index (κ3) is 15.1. The van der Waals surface area contributed by atoms with E-state index in [-0.39, 0.29) is 48.1 Å². The fraction of sp³-hybridized carbons (Fsp3) is 0.465. The maximum atomic E-state index is 13.5. The van der Waals surface area contributed by atoms with Gasteiger partial charge in [-0.05, 0) is 117 Å². The van der Waals surface area contributed by atoms with E-state index in [0.717, 1.165) is 11.1 Å². The number of hydroxylamine groups is 2. The van der Waals surface area contributed by atoms with E-state index in [9.17, 15) is 28.8 Å². The largest absolute Gasteiger partial charge is 1.00 e. The molecule has 5 amide bonds. The Labute approximate surface area is 368 Å². The summed E-state index contributed by atoms with van der Waals surface area (Å²) < 4.78 is 23.8. The fourth-order valence-electron chi connectivity index (χ4n) is 5.63. The molecule has 1 aromatic heterocycles. The summed E-state index contributed by atoms with van der Waals surface area (Å²) in [6.07, 6.45) is 0.445. The van der Waals surface area contributed by atoms with Gasteiger partial charge >= 0.3 is 24.1 Å². The molecule has 0 aliphatic carbocycles. The Morgan fingerprint density at radius 1 is 0.717 bits per heavy atom. The highest BCUT2D eigenvalue weighted by molar-refractivity contribution is 6.20. The molecule has 16 nitrogen and oxygen atoms in total. The number of fused-ring (bicyclic) bond motifs is 1. The fourth-order valence-corrected chi connectivity index (χ4v) is 5.63. The number of amides is 5. The van der Waals surface area contributed by atoms with Crippen LogP contribution in [0.1, 0.15) is 102 Å². The van der Waals surface area contributed by atoms with Gasteiger partial charge in [-0.25, -0.2) is 33.9 Å². The van der Waals surface area contributed by atoms with Gasteiger partial charge in [0.15, 0.2) is 0 Å². The molecule has 4 rings (SSSR count). The number of imide groups is 1. The molecule has 2 aromatic carbocycles. The molecule has 2 heterocycles. The van der Waals surface area contributed by atoms with Crippen molar-refractivity contribution < 1.29 is 81.1 Å². The standard InChI is InChI=1S/C43H55N5O11.HI/c1-41(2,3)56-38(52)33(59-48-36(50)30-15-11-12-16-31(30)37(48)51)26-55-29-21-18-27(19-22-29)28-20-23-34(47(10)25-28)46-35(49)32(45-40(54)58-43(7,8)9)17-13-14-24-44-39(53)57-42(4,5)6;/h11-12,15-16,18-23,25,32-33H,13-14,17,24,26H2,1-10H3,(H2,44,45,53,54);1H/t32-,33-;/m0./s1. The number of pyridine rings is 1. The Balaban J connectivity index is 0.00000961. The van der Waals surface area contributed by atoms with Gasteiger partial charge in [-0.3, -0.25) is 9.59 Å². The molecule has 1 aliphatic heterocycles. The van der Waals surface area contributed by atoms with Crippen LogP contribution in [-0.4, -0.2) is 83.0 Å². The van der Waals surface area contributed by atoms with Crippen LogP contribution < -0.4 is 49.2 Å². The van der Waals surface area contributed by atoms with Crippen LogP contribution in [0.2, 0.25) is 0 Å². The first kappa shape index (κ1) is 49.1. The molecule has 3 N–H and O–H groups in total. The van der Waals surface area contributed by atoms with Gasteiger partial charge in [0.25, 0.3) is 17.6 Å². The van der Waals surface area contributed by atoms with Gasteiger partial charge in [-0.1, -0.05) is 24.3 Å². The van der Waals surface area contributed by atoms with Crippen molar-refractivity contribution in [3.8, 4) is 16.9 Å². The molecule has 0 spiro atoms. The number of nitrogens with one attached hydrogen (secondary N) is 3. The third-order valence-electron chi connectivity index (χ3n) is 8.23. The lowest BCUT2D eigenvalue weighted by atomic mass is 10.1. The van der Waals surface area contributed by atoms with E-state index in [4.69, 9.17) is 23.8 Å². The summed E-state index contributed by atoms with van der Waals surface area (Å²) in [7, 11) is 1.76. The predicted molar refractivity (Wildman–Crippen MR) is 216 cm³/mol. The summed E-state index contributed by atoms with van der Waals surface area (Å²) in [6, 6.07) is 15.9. The van der Waals surface area contributed by atoms with Gasteiger partial charge in [0.2, 0.25) is 6.10 Å². The van der Waals surface area contributed by atoms with Crippen LogP contribution in [-0.2, 0) is 35.7 Å². The maximum absolute atomic E-state index is 13.5. The van der Waals surface area contributed by atoms with Crippen LogP contribution in [0.4, 0.5) is 15.4 Å². The second kappa shape index (κ2) is 20.8. The highest BCUT2D eigenvalue weighted by Gasteiger charge is 2.41. The number of benzene rings is 2. The minimum Gasteiger partial charge on any atom is -1.00 e. The van der Waals surface area contributed by atoms with Crippen molar-refractivity contribution in [2.75, 3.05) is 18.5 Å². The summed E-state index contributed by atoms with van der Waals surface area (Å²) in [6.45, 7) is 15.5. The van der Waals surface area contributed by atoms with Crippen molar-refractivity contribution >= 4 is 41.7 Å². The number of anilines is 1. The minimum absolute atomic E-state index is 0. The lowest BCUT2D eigenvalue weighted by Gasteiger charge is -2.26. The monoisotopic (exact) mass is 945 g/mol. The van der Waals surface area contributed by atoms with Crippen LogP contribution in [0.25, 0.3) is 11.1 Å². The number of hydrogen-bond donors (Lipinski definition) is 3. The molecule has 0 fully saturated rings. The smallest absolute Gasteiger partial charge is 0.408 e. The lowest BCUT2D eigenvalue weighted by molar-refractivity contribution is -0.656. The summed E-state index contributed by atoms with van der Waals surface area (Å²) in [4.78, 5) is 82.8. The average molecular weight is 946 g/mol. The zero-order valence-corrected chi connectivity index (χ0v) is 38.0. The number of carbonyl (C=O) groups excluding carboxylic acids is 6. The van der Waals surface area contributed by atoms with Crippen LogP contribution in [0, 0.1) is 0 Å². The average Bonchev–Trinajstić information content (AvgIpc) is 3.36. The van der Waals surface area contributed by atoms with Gasteiger partial charge in [-0.2, -0.15) is 0 Å². The van der Waals surface area contributed by atoms with Crippen molar-refractivity contribution in [2.24, 2.45) is 7.05 Å². The number of carbonyl (C=O) groups is 6. The number of esters is 1. The second-order valence-corrected chi connectivity index (χ2v) is 16.9. The van der Waals surface area contributed by atoms with E-state index in [1.54, 1.807) is 116 Å². The number of hydrogen-bond acceptors (Lipinski definition) is 11. The van der Waals surface area contributed by atoms with Crippen LogP contribution in [0.5, 0.6) is 5.75 Å². The molecule has 326 valence electrons. The first-order valence-corrected chi connectivity index (χ1v) is 19.4. The van der Waals surface area contributed by atoms with E-state index < -0.39 is 64.8 Å². The van der Waals surface area contributed by atoms with Crippen molar-refractivity contribution in [1.29, 1.82) is 0 Å². The first-order valence-electron chi connectivity index (χ1n) is 19.4. The Kier molecular flexibility index (Phi) is 17.0. The van der Waals surface area contributed by atoms with Crippen LogP contribution >= 0.6 is 0 Å². The molecule has 0 unspecified atom stereocenters. The van der Waals surface area contributed by atoms with E-state index >= 15 is 0 Å². The SMILES string of the molecule is C[n+]1cc(-c2ccc(OC[C@H](ON3C(=O)c4ccccc4C3=O)C(=O)OC(C)(C)C)cc2)ccc1NC(=O)[C@H](CCCCNC(=O)OC(C)(C)C)NC(=O)OC(C)(C)C.[I-]. The van der Waals surface area contributed by atoms with E-state index in [1.807, 2.05) is 12.3 Å². The van der Waals surface area contributed by atoms with Crippen LogP contribution in [0.15, 0.2) is 66.9 Å². The second-order valence-electron chi connectivity index (χ2n) is 16.9. The third-order valence-corrected chi connectivity index (χ3v) is 8.23. The molecule has 60 heavy (non-hydrogen) atoms. The van der Waals surface area contributed by atoms with Crippen molar-refractivity contribution in [2.45, 2.75) is 111 Å². The minimum atomic E-state index is -1.45. The number of nitrogens with zero attached hydrogens (tertiary/aromatic N) is 2. The first-order chi connectivity index (χ1) is 27.5. The summed E-state index contributed by atoms with van der Waals surface area (Å²) in [5.74, 6) is -1.80. The highest BCUT2D eigenvalue weighted by Crippen LogP contribution is 2.26. The van der Waals surface area contributed by atoms with E-state index in [2.05, 4.69) is 16.0 Å². The molecule has 2 atom stereocenters. The van der Waals surface area contributed by atoms with Crippen molar-refractivity contribution in [3.63, 3.8) is 0 Å². The van der Waals surface area contributed by atoms with Crippen molar-refractivity contribution in [1.82, 2.24) is 15.7 Å². The molecule has 3 aromatic rings. The lowest BCUT2D eigenvalue weighted by Crippen LogP contribution is -3.00. The van der Waals surface area contributed by atoms with E-state index in [0.29, 0.717) is 36.0 Å². The topological polar surface area (TPSA) is 192 Å². The van der Waals surface area contributed by atoms with Gasteiger partial charge in [0, 0.05) is 18.2 Å². The van der Waals surface area contributed by atoms with Crippen LogP contribution in [0.3, 0.4) is 0 Å². The quantitative estimate of drug-likeness (QED) is 0.0507. The molecule has 0 bridgehead atoms. The number of alkyl carbamates (subject to hydrolysis) is 2. The Hall–Kier alpha value is -5.30. The molecular weight excluding hydrogens is 889 g/mol. The number of unbranched alkanes of at least 4 members (excludes halogenated alkanes) is 1. The Bertz CT molecular complexity index is 1990. The van der Waals surface area contributed by atoms with Gasteiger partial charge in [0.05, 0.1) is 24.4 Å². The zero-order valence-electron chi connectivity index (χ0n) is 35.8. The zero-order chi connectivity index (χ0) is 43.7. The normalized spacial score (nSPS) is 13.6. The summed E-state index contributed by atoms with van der Waals surface area (Å²) in [5.41, 5.74) is -0.324. The number of halogens is 1. The van der Waals surface area contributed by atoms with Crippen molar-refractivity contribution in [3.05, 3.63) is 78.0 Å². The van der Waals surface area contributed by atoms with Gasteiger partial charge in [0.1, 0.15) is 35.2 Å². The molecule has 0 radical (unpaired) electrons. The predicted octanol–water partition coefficient (Wildman–Crippen LogP) is 3.03. The molecule has 17 heteroatoms. The molecular formula is C43H56IN5O11. The number of ether oxygens (including phenoxy) is 4. The Morgan fingerprint density at radius 3 is 1.82 bits per heavy atom. The van der Waals surface area contributed by atoms with Gasteiger partial charge < -0.3 is 53.6 Å². The number of aromatic nitrogens is 1. The molecule has 0 saturated carbocycles.